The first-order valence-electron chi connectivity index (χ1n) is 8.33. The Morgan fingerprint density at radius 3 is 2.31 bits per heavy atom. The molecule has 0 aliphatic heterocycles. The van der Waals surface area contributed by atoms with Crippen molar-refractivity contribution in [3.63, 3.8) is 0 Å². The zero-order valence-electron chi connectivity index (χ0n) is 14.0. The van der Waals surface area contributed by atoms with Crippen LogP contribution in [0.25, 0.3) is 16.9 Å². The summed E-state index contributed by atoms with van der Waals surface area (Å²) < 4.78 is 1.83. The van der Waals surface area contributed by atoms with Crippen LogP contribution in [0, 0.1) is 0 Å². The Kier molecular flexibility index (Phi) is 4.31. The summed E-state index contributed by atoms with van der Waals surface area (Å²) in [5.41, 5.74) is 4.39. The smallest absolute Gasteiger partial charge is 0.118 e. The molecule has 126 valence electrons. The van der Waals surface area contributed by atoms with E-state index in [1.807, 2.05) is 77.6 Å². The van der Waals surface area contributed by atoms with Gasteiger partial charge in [-0.15, -0.1) is 0 Å². The van der Waals surface area contributed by atoms with E-state index in [-0.39, 0.29) is 5.75 Å². The molecule has 4 aromatic rings. The normalized spacial score (nSPS) is 11.1. The van der Waals surface area contributed by atoms with Gasteiger partial charge in [-0.2, -0.15) is 5.10 Å². The number of benzene rings is 3. The van der Waals surface area contributed by atoms with Crippen LogP contribution in [0.5, 0.6) is 5.75 Å². The van der Waals surface area contributed by atoms with Crippen LogP contribution in [0.3, 0.4) is 0 Å². The third-order valence-electron chi connectivity index (χ3n) is 3.99. The summed E-state index contributed by atoms with van der Waals surface area (Å²) in [6.07, 6.45) is 3.65. The van der Waals surface area contributed by atoms with Crippen LogP contribution in [0.15, 0.2) is 96.1 Å². The topological polar surface area (TPSA) is 50.4 Å². The summed E-state index contributed by atoms with van der Waals surface area (Å²) in [6.45, 7) is 0. The molecule has 0 radical (unpaired) electrons. The number of aliphatic imine (C=N–C) groups is 1. The van der Waals surface area contributed by atoms with E-state index in [2.05, 4.69) is 4.99 Å². The average Bonchev–Trinajstić information content (AvgIpc) is 3.12. The second-order valence-electron chi connectivity index (χ2n) is 5.86. The van der Waals surface area contributed by atoms with E-state index in [0.717, 1.165) is 28.2 Å². The minimum absolute atomic E-state index is 0.220. The summed E-state index contributed by atoms with van der Waals surface area (Å²) in [7, 11) is 0. The largest absolute Gasteiger partial charge is 0.508 e. The molecule has 0 aliphatic carbocycles. The first-order valence-corrected chi connectivity index (χ1v) is 8.33. The number of rotatable bonds is 4. The number of phenols is 1. The maximum Gasteiger partial charge on any atom is 0.118 e. The quantitative estimate of drug-likeness (QED) is 0.532. The Hall–Kier alpha value is -3.66. The summed E-state index contributed by atoms with van der Waals surface area (Å²) in [5, 5.41) is 14.4. The molecule has 0 aliphatic rings. The minimum Gasteiger partial charge on any atom is -0.508 e. The van der Waals surface area contributed by atoms with Crippen LogP contribution in [0.4, 0.5) is 5.69 Å². The molecule has 3 aromatic carbocycles. The van der Waals surface area contributed by atoms with Gasteiger partial charge in [-0.1, -0.05) is 60.7 Å². The van der Waals surface area contributed by atoms with E-state index in [1.54, 1.807) is 24.4 Å². The molecule has 0 saturated heterocycles. The molecule has 0 fully saturated rings. The Balaban J connectivity index is 1.78. The monoisotopic (exact) mass is 339 g/mol. The second kappa shape index (κ2) is 7.07. The molecule has 1 aromatic heterocycles. The van der Waals surface area contributed by atoms with Gasteiger partial charge in [-0.3, -0.25) is 4.99 Å². The van der Waals surface area contributed by atoms with Gasteiger partial charge in [-0.05, 0) is 29.8 Å². The van der Waals surface area contributed by atoms with E-state index >= 15 is 0 Å². The molecule has 4 heteroatoms. The van der Waals surface area contributed by atoms with E-state index in [0.29, 0.717) is 0 Å². The maximum atomic E-state index is 9.62. The molecule has 26 heavy (non-hydrogen) atoms. The Bertz CT molecular complexity index is 1040. The highest BCUT2D eigenvalue weighted by Crippen LogP contribution is 2.30. The Morgan fingerprint density at radius 2 is 1.58 bits per heavy atom. The maximum absolute atomic E-state index is 9.62. The predicted molar refractivity (Wildman–Crippen MR) is 104 cm³/mol. The van der Waals surface area contributed by atoms with Crippen molar-refractivity contribution >= 4 is 11.9 Å². The Morgan fingerprint density at radius 1 is 0.846 bits per heavy atom. The number of aromatic hydroxyl groups is 1. The fraction of sp³-hybridized carbons (Fsp3) is 0. The van der Waals surface area contributed by atoms with Gasteiger partial charge >= 0.3 is 0 Å². The van der Waals surface area contributed by atoms with Crippen molar-refractivity contribution in [3.05, 3.63) is 96.7 Å². The van der Waals surface area contributed by atoms with Crippen molar-refractivity contribution in [1.82, 2.24) is 9.78 Å². The zero-order valence-corrected chi connectivity index (χ0v) is 14.0. The Labute approximate surface area is 151 Å². The molecule has 0 atom stereocenters. The lowest BCUT2D eigenvalue weighted by Crippen LogP contribution is -1.93. The van der Waals surface area contributed by atoms with Crippen molar-refractivity contribution < 1.29 is 5.11 Å². The van der Waals surface area contributed by atoms with Crippen LogP contribution in [-0.2, 0) is 0 Å². The van der Waals surface area contributed by atoms with Crippen LogP contribution in [-0.4, -0.2) is 21.1 Å². The van der Waals surface area contributed by atoms with Gasteiger partial charge in [0.2, 0.25) is 0 Å². The van der Waals surface area contributed by atoms with Crippen molar-refractivity contribution in [1.29, 1.82) is 0 Å². The average molecular weight is 339 g/mol. The number of aromatic nitrogens is 2. The first-order chi connectivity index (χ1) is 12.8. The summed E-state index contributed by atoms with van der Waals surface area (Å²) in [4.78, 5) is 4.62. The van der Waals surface area contributed by atoms with Crippen LogP contribution < -0.4 is 0 Å². The lowest BCUT2D eigenvalue weighted by molar-refractivity contribution is 0.475. The van der Waals surface area contributed by atoms with Gasteiger partial charge < -0.3 is 5.11 Å². The van der Waals surface area contributed by atoms with Gasteiger partial charge in [0.05, 0.1) is 11.9 Å². The number of hydrogen-bond acceptors (Lipinski definition) is 3. The lowest BCUT2D eigenvalue weighted by atomic mass is 10.1. The second-order valence-corrected chi connectivity index (χ2v) is 5.86. The number of phenolic OH excluding ortho intramolecular Hbond substituents is 1. The molecule has 0 unspecified atom stereocenters. The molecular formula is C22H17N3O. The first kappa shape index (κ1) is 15.8. The van der Waals surface area contributed by atoms with Crippen LogP contribution >= 0.6 is 0 Å². The summed E-state index contributed by atoms with van der Waals surface area (Å²) in [5.74, 6) is 0.220. The minimum atomic E-state index is 0.220. The van der Waals surface area contributed by atoms with Crippen molar-refractivity contribution in [2.24, 2.45) is 4.99 Å². The molecule has 1 N–H and O–H groups in total. The van der Waals surface area contributed by atoms with E-state index in [9.17, 15) is 5.11 Å². The van der Waals surface area contributed by atoms with Crippen molar-refractivity contribution in [3.8, 4) is 22.7 Å². The van der Waals surface area contributed by atoms with Gasteiger partial charge in [0.1, 0.15) is 17.1 Å². The summed E-state index contributed by atoms with van der Waals surface area (Å²) >= 11 is 0. The highest BCUT2D eigenvalue weighted by Gasteiger charge is 2.11. The number of nitrogens with zero attached hydrogens (tertiary/aromatic N) is 3. The SMILES string of the molecule is Oc1cccc(C=Nc2cn(-c3ccccc3)nc2-c2ccccc2)c1. The molecule has 4 rings (SSSR count). The molecule has 0 amide bonds. The molecule has 0 saturated carbocycles. The fourth-order valence-electron chi connectivity index (χ4n) is 2.72. The van der Waals surface area contributed by atoms with E-state index in [4.69, 9.17) is 5.10 Å². The number of hydrogen-bond donors (Lipinski definition) is 1. The van der Waals surface area contributed by atoms with E-state index in [1.165, 1.54) is 0 Å². The summed E-state index contributed by atoms with van der Waals surface area (Å²) in [6, 6.07) is 26.9. The standard InChI is InChI=1S/C22H17N3O/c26-20-13-7-8-17(14-20)15-23-21-16-25(19-11-5-2-6-12-19)24-22(21)18-9-3-1-4-10-18/h1-16,26H. The van der Waals surface area contributed by atoms with Gasteiger partial charge in [0.25, 0.3) is 0 Å². The fourth-order valence-corrected chi connectivity index (χ4v) is 2.72. The molecule has 1 heterocycles. The third-order valence-corrected chi connectivity index (χ3v) is 3.99. The molecule has 0 bridgehead atoms. The van der Waals surface area contributed by atoms with Crippen LogP contribution in [0.2, 0.25) is 0 Å². The number of para-hydroxylation sites is 1. The lowest BCUT2D eigenvalue weighted by Gasteiger charge is -2.00. The van der Waals surface area contributed by atoms with Crippen molar-refractivity contribution in [2.75, 3.05) is 0 Å². The third kappa shape index (κ3) is 3.39. The predicted octanol–water partition coefficient (Wildman–Crippen LogP) is 5.00. The van der Waals surface area contributed by atoms with Gasteiger partial charge in [0, 0.05) is 11.8 Å². The molecule has 0 spiro atoms. The van der Waals surface area contributed by atoms with E-state index < -0.39 is 0 Å². The highest BCUT2D eigenvalue weighted by atomic mass is 16.3. The van der Waals surface area contributed by atoms with Crippen molar-refractivity contribution in [2.45, 2.75) is 0 Å². The van der Waals surface area contributed by atoms with Gasteiger partial charge in [-0.25, -0.2) is 4.68 Å². The highest BCUT2D eigenvalue weighted by molar-refractivity contribution is 5.85. The zero-order chi connectivity index (χ0) is 17.8. The van der Waals surface area contributed by atoms with Gasteiger partial charge in [0.15, 0.2) is 0 Å². The van der Waals surface area contributed by atoms with Crippen LogP contribution in [0.1, 0.15) is 5.56 Å². The molecular weight excluding hydrogens is 322 g/mol. The molecule has 4 nitrogen and oxygen atoms in total.